The summed E-state index contributed by atoms with van der Waals surface area (Å²) in [6.45, 7) is 0. The molecule has 0 atom stereocenters. The standard InChI is InChI=1S/C14H17FINO/c15-10-7-8-12(13(16)9-10)14(18)17-11-5-3-1-2-4-6-11/h7-9,11H,1-6H2,(H,17,18). The van der Waals surface area contributed by atoms with Crippen LogP contribution in [-0.2, 0) is 0 Å². The third kappa shape index (κ3) is 3.67. The van der Waals surface area contributed by atoms with E-state index in [1.165, 1.54) is 37.8 Å². The lowest BCUT2D eigenvalue weighted by atomic mass is 10.1. The van der Waals surface area contributed by atoms with Gasteiger partial charge in [-0.25, -0.2) is 4.39 Å². The second-order valence-electron chi connectivity index (χ2n) is 4.79. The molecule has 0 bridgehead atoms. The van der Waals surface area contributed by atoms with E-state index in [0.29, 0.717) is 9.13 Å². The van der Waals surface area contributed by atoms with Gasteiger partial charge in [-0.05, 0) is 53.6 Å². The molecule has 98 valence electrons. The molecule has 1 aromatic rings. The van der Waals surface area contributed by atoms with Gasteiger partial charge in [0.15, 0.2) is 0 Å². The average molecular weight is 361 g/mol. The van der Waals surface area contributed by atoms with Gasteiger partial charge in [0.05, 0.1) is 5.56 Å². The van der Waals surface area contributed by atoms with Gasteiger partial charge in [-0.2, -0.15) is 0 Å². The van der Waals surface area contributed by atoms with E-state index >= 15 is 0 Å². The van der Waals surface area contributed by atoms with Crippen LogP contribution in [0.25, 0.3) is 0 Å². The highest BCUT2D eigenvalue weighted by Gasteiger charge is 2.17. The van der Waals surface area contributed by atoms with Gasteiger partial charge in [-0.15, -0.1) is 0 Å². The molecule has 1 fully saturated rings. The number of hydrogen-bond donors (Lipinski definition) is 1. The maximum atomic E-state index is 13.0. The molecule has 0 heterocycles. The predicted octanol–water partition coefficient (Wildman–Crippen LogP) is 3.88. The molecular formula is C14H17FINO. The molecule has 1 aliphatic carbocycles. The Morgan fingerprint density at radius 3 is 2.50 bits per heavy atom. The van der Waals surface area contributed by atoms with Gasteiger partial charge >= 0.3 is 0 Å². The lowest BCUT2D eigenvalue weighted by molar-refractivity contribution is 0.0932. The maximum absolute atomic E-state index is 13.0. The van der Waals surface area contributed by atoms with Gasteiger partial charge in [0.2, 0.25) is 0 Å². The fourth-order valence-electron chi connectivity index (χ4n) is 2.36. The molecule has 0 radical (unpaired) electrons. The van der Waals surface area contributed by atoms with Crippen molar-refractivity contribution in [1.82, 2.24) is 5.32 Å². The zero-order valence-corrected chi connectivity index (χ0v) is 12.4. The Morgan fingerprint density at radius 1 is 1.22 bits per heavy atom. The Kier molecular flexibility index (Phi) is 4.97. The lowest BCUT2D eigenvalue weighted by Gasteiger charge is -2.16. The van der Waals surface area contributed by atoms with Crippen molar-refractivity contribution < 1.29 is 9.18 Å². The molecule has 4 heteroatoms. The maximum Gasteiger partial charge on any atom is 0.252 e. The smallest absolute Gasteiger partial charge is 0.252 e. The normalized spacial score (nSPS) is 17.2. The topological polar surface area (TPSA) is 29.1 Å². The second-order valence-corrected chi connectivity index (χ2v) is 5.95. The number of amides is 1. The minimum Gasteiger partial charge on any atom is -0.349 e. The molecule has 0 saturated heterocycles. The zero-order chi connectivity index (χ0) is 13.0. The molecule has 1 aliphatic rings. The molecule has 0 aromatic heterocycles. The summed E-state index contributed by atoms with van der Waals surface area (Å²) in [5.74, 6) is -0.378. The summed E-state index contributed by atoms with van der Waals surface area (Å²) in [5.41, 5.74) is 0.571. The van der Waals surface area contributed by atoms with Crippen molar-refractivity contribution in [3.63, 3.8) is 0 Å². The Balaban J connectivity index is 2.02. The summed E-state index contributed by atoms with van der Waals surface area (Å²) in [6, 6.07) is 4.57. The molecule has 18 heavy (non-hydrogen) atoms. The van der Waals surface area contributed by atoms with Crippen LogP contribution in [0.15, 0.2) is 18.2 Å². The SMILES string of the molecule is O=C(NC1CCCCCC1)c1ccc(F)cc1I. The van der Waals surface area contributed by atoms with Crippen LogP contribution in [0.5, 0.6) is 0 Å². The first-order valence-corrected chi connectivity index (χ1v) is 7.50. The lowest BCUT2D eigenvalue weighted by Crippen LogP contribution is -2.34. The van der Waals surface area contributed by atoms with Gasteiger partial charge < -0.3 is 5.32 Å². The molecule has 1 N–H and O–H groups in total. The van der Waals surface area contributed by atoms with Crippen LogP contribution in [-0.4, -0.2) is 11.9 Å². The first-order chi connectivity index (χ1) is 8.66. The first-order valence-electron chi connectivity index (χ1n) is 6.43. The van der Waals surface area contributed by atoms with Crippen molar-refractivity contribution in [3.05, 3.63) is 33.1 Å². The van der Waals surface area contributed by atoms with E-state index < -0.39 is 0 Å². The van der Waals surface area contributed by atoms with Crippen molar-refractivity contribution in [2.24, 2.45) is 0 Å². The average Bonchev–Trinajstić information content (AvgIpc) is 2.57. The summed E-state index contributed by atoms with van der Waals surface area (Å²) < 4.78 is 13.7. The summed E-state index contributed by atoms with van der Waals surface area (Å²) in [6.07, 6.45) is 7.02. The van der Waals surface area contributed by atoms with E-state index in [-0.39, 0.29) is 17.8 Å². The summed E-state index contributed by atoms with van der Waals surface area (Å²) in [4.78, 5) is 12.1. The van der Waals surface area contributed by atoms with Crippen molar-refractivity contribution in [2.45, 2.75) is 44.6 Å². The highest BCUT2D eigenvalue weighted by atomic mass is 127. The van der Waals surface area contributed by atoms with Crippen molar-refractivity contribution >= 4 is 28.5 Å². The van der Waals surface area contributed by atoms with E-state index in [1.54, 1.807) is 6.07 Å². The largest absolute Gasteiger partial charge is 0.349 e. The minimum absolute atomic E-state index is 0.0775. The van der Waals surface area contributed by atoms with Crippen molar-refractivity contribution in [3.8, 4) is 0 Å². The molecule has 0 aliphatic heterocycles. The van der Waals surface area contributed by atoms with Gasteiger partial charge in [-0.1, -0.05) is 25.7 Å². The van der Waals surface area contributed by atoms with Gasteiger partial charge in [0.25, 0.3) is 5.91 Å². The van der Waals surface area contributed by atoms with Gasteiger partial charge in [-0.3, -0.25) is 4.79 Å². The first kappa shape index (κ1) is 13.8. The van der Waals surface area contributed by atoms with Gasteiger partial charge in [0.1, 0.15) is 5.82 Å². The summed E-state index contributed by atoms with van der Waals surface area (Å²) in [7, 11) is 0. The minimum atomic E-state index is -0.301. The molecule has 0 spiro atoms. The fraction of sp³-hybridized carbons (Fsp3) is 0.500. The highest BCUT2D eigenvalue weighted by Crippen LogP contribution is 2.19. The molecule has 2 rings (SSSR count). The fourth-order valence-corrected chi connectivity index (χ4v) is 3.08. The number of nitrogens with one attached hydrogen (secondary N) is 1. The third-order valence-corrected chi connectivity index (χ3v) is 4.26. The van der Waals surface area contributed by atoms with Crippen LogP contribution in [0.2, 0.25) is 0 Å². The zero-order valence-electron chi connectivity index (χ0n) is 10.2. The van der Waals surface area contributed by atoms with E-state index in [4.69, 9.17) is 0 Å². The second kappa shape index (κ2) is 6.50. The molecule has 1 saturated carbocycles. The number of rotatable bonds is 2. The monoisotopic (exact) mass is 361 g/mol. The highest BCUT2D eigenvalue weighted by molar-refractivity contribution is 14.1. The Labute approximate surface area is 120 Å². The van der Waals surface area contributed by atoms with Gasteiger partial charge in [0, 0.05) is 9.61 Å². The number of halogens is 2. The quantitative estimate of drug-likeness (QED) is 0.629. The van der Waals surface area contributed by atoms with Crippen molar-refractivity contribution in [1.29, 1.82) is 0 Å². The Morgan fingerprint density at radius 2 is 1.89 bits per heavy atom. The van der Waals surface area contributed by atoms with Crippen LogP contribution in [0.3, 0.4) is 0 Å². The number of carbonyl (C=O) groups excluding carboxylic acids is 1. The Bertz CT molecular complexity index is 428. The van der Waals surface area contributed by atoms with E-state index in [0.717, 1.165) is 12.8 Å². The van der Waals surface area contributed by atoms with Crippen LogP contribution in [0, 0.1) is 9.39 Å². The third-order valence-electron chi connectivity index (χ3n) is 3.37. The van der Waals surface area contributed by atoms with E-state index in [9.17, 15) is 9.18 Å². The van der Waals surface area contributed by atoms with E-state index in [2.05, 4.69) is 5.32 Å². The molecular weight excluding hydrogens is 344 g/mol. The molecule has 0 unspecified atom stereocenters. The molecule has 2 nitrogen and oxygen atoms in total. The Hall–Kier alpha value is -0.650. The van der Waals surface area contributed by atoms with Crippen molar-refractivity contribution in [2.75, 3.05) is 0 Å². The van der Waals surface area contributed by atoms with E-state index in [1.807, 2.05) is 22.6 Å². The molecule has 1 amide bonds. The van der Waals surface area contributed by atoms with Crippen LogP contribution in [0.4, 0.5) is 4.39 Å². The number of carbonyl (C=O) groups is 1. The number of hydrogen-bond acceptors (Lipinski definition) is 1. The predicted molar refractivity (Wildman–Crippen MR) is 78.1 cm³/mol. The van der Waals surface area contributed by atoms with Crippen LogP contribution < -0.4 is 5.32 Å². The van der Waals surface area contributed by atoms with Crippen LogP contribution in [0.1, 0.15) is 48.9 Å². The van der Waals surface area contributed by atoms with Crippen LogP contribution >= 0.6 is 22.6 Å². The summed E-state index contributed by atoms with van der Waals surface area (Å²) in [5, 5.41) is 3.07. The molecule has 1 aromatic carbocycles. The summed E-state index contributed by atoms with van der Waals surface area (Å²) >= 11 is 2.00. The number of benzene rings is 1.